The van der Waals surface area contributed by atoms with Gasteiger partial charge in [0, 0.05) is 7.05 Å². The van der Waals surface area contributed by atoms with Crippen LogP contribution in [0.5, 0.6) is 11.5 Å². The number of nitriles is 1. The molecule has 0 aromatic heterocycles. The standard InChI is InChI=1S/C24H23N3O5S/c1-4-30-20-14-16(6-11-19(20)32-13-12-25)15-21-22(28)27(3)24(33-21)26-18-9-7-17(8-10-18)23(29)31-5-2/h6-11,14-15H,4-5,13H2,1-3H3/b21-15+,26-24?. The predicted molar refractivity (Wildman–Crippen MR) is 127 cm³/mol. The molecule has 1 heterocycles. The minimum Gasteiger partial charge on any atom is -0.490 e. The molecule has 0 radical (unpaired) electrons. The fourth-order valence-electron chi connectivity index (χ4n) is 2.91. The smallest absolute Gasteiger partial charge is 0.338 e. The lowest BCUT2D eigenvalue weighted by Gasteiger charge is -2.10. The summed E-state index contributed by atoms with van der Waals surface area (Å²) < 4.78 is 16.0. The van der Waals surface area contributed by atoms with E-state index in [1.165, 1.54) is 16.7 Å². The maximum atomic E-state index is 12.7. The third-order valence-electron chi connectivity index (χ3n) is 4.46. The zero-order valence-corrected chi connectivity index (χ0v) is 19.3. The second kappa shape index (κ2) is 11.2. The van der Waals surface area contributed by atoms with Gasteiger partial charge in [-0.15, -0.1) is 0 Å². The van der Waals surface area contributed by atoms with E-state index in [4.69, 9.17) is 19.5 Å². The van der Waals surface area contributed by atoms with Gasteiger partial charge in [0.2, 0.25) is 0 Å². The summed E-state index contributed by atoms with van der Waals surface area (Å²) in [6.07, 6.45) is 1.76. The Hall–Kier alpha value is -3.77. The average Bonchev–Trinajstić information content (AvgIpc) is 3.07. The number of hydrogen-bond donors (Lipinski definition) is 0. The van der Waals surface area contributed by atoms with Gasteiger partial charge in [0.1, 0.15) is 6.07 Å². The van der Waals surface area contributed by atoms with Gasteiger partial charge in [0.25, 0.3) is 5.91 Å². The third-order valence-corrected chi connectivity index (χ3v) is 5.52. The zero-order valence-electron chi connectivity index (χ0n) is 18.5. The number of amidine groups is 1. The first kappa shape index (κ1) is 23.9. The van der Waals surface area contributed by atoms with Crippen LogP contribution in [0.1, 0.15) is 29.8 Å². The van der Waals surface area contributed by atoms with E-state index in [0.717, 1.165) is 5.56 Å². The van der Waals surface area contributed by atoms with Crippen molar-refractivity contribution in [1.82, 2.24) is 4.90 Å². The molecular formula is C24H23N3O5S. The summed E-state index contributed by atoms with van der Waals surface area (Å²) in [5.74, 6) is 0.405. The van der Waals surface area contributed by atoms with E-state index in [2.05, 4.69) is 4.99 Å². The molecule has 3 rings (SSSR count). The van der Waals surface area contributed by atoms with Crippen LogP contribution < -0.4 is 9.47 Å². The molecule has 9 heteroatoms. The van der Waals surface area contributed by atoms with Gasteiger partial charge in [-0.3, -0.25) is 9.69 Å². The molecule has 1 aliphatic rings. The van der Waals surface area contributed by atoms with Crippen LogP contribution in [0.2, 0.25) is 0 Å². The second-order valence-electron chi connectivity index (χ2n) is 6.72. The first-order valence-electron chi connectivity index (χ1n) is 10.3. The Balaban J connectivity index is 1.81. The number of nitrogens with zero attached hydrogens (tertiary/aromatic N) is 3. The molecule has 1 saturated heterocycles. The molecule has 8 nitrogen and oxygen atoms in total. The number of rotatable bonds is 8. The average molecular weight is 466 g/mol. The van der Waals surface area contributed by atoms with E-state index in [0.29, 0.717) is 46.0 Å². The third kappa shape index (κ3) is 5.93. The van der Waals surface area contributed by atoms with E-state index in [1.54, 1.807) is 62.5 Å². The van der Waals surface area contributed by atoms with Crippen LogP contribution in [0.25, 0.3) is 6.08 Å². The molecule has 1 amide bonds. The summed E-state index contributed by atoms with van der Waals surface area (Å²) in [6, 6.07) is 13.9. The summed E-state index contributed by atoms with van der Waals surface area (Å²) in [4.78, 5) is 31.1. The monoisotopic (exact) mass is 465 g/mol. The quantitative estimate of drug-likeness (QED) is 0.421. The van der Waals surface area contributed by atoms with Crippen molar-refractivity contribution in [2.24, 2.45) is 4.99 Å². The minimum absolute atomic E-state index is 0.0831. The van der Waals surface area contributed by atoms with Crippen molar-refractivity contribution in [2.75, 3.05) is 26.9 Å². The van der Waals surface area contributed by atoms with Crippen LogP contribution >= 0.6 is 11.8 Å². The van der Waals surface area contributed by atoms with Crippen molar-refractivity contribution in [1.29, 1.82) is 5.26 Å². The summed E-state index contributed by atoms with van der Waals surface area (Å²) in [7, 11) is 1.66. The lowest BCUT2D eigenvalue weighted by molar-refractivity contribution is -0.121. The molecule has 2 aromatic rings. The Labute approximate surface area is 196 Å². The molecule has 1 fully saturated rings. The fourth-order valence-corrected chi connectivity index (χ4v) is 3.90. The van der Waals surface area contributed by atoms with E-state index >= 15 is 0 Å². The lowest BCUT2D eigenvalue weighted by Crippen LogP contribution is -2.23. The molecule has 0 spiro atoms. The Morgan fingerprint density at radius 1 is 1.12 bits per heavy atom. The van der Waals surface area contributed by atoms with Gasteiger partial charge in [0.05, 0.1) is 29.4 Å². The number of amides is 1. The number of carbonyl (C=O) groups excluding carboxylic acids is 2. The number of carbonyl (C=O) groups is 2. The lowest BCUT2D eigenvalue weighted by atomic mass is 10.2. The molecule has 170 valence electrons. The van der Waals surface area contributed by atoms with Crippen molar-refractivity contribution in [3.8, 4) is 17.6 Å². The fraction of sp³-hybridized carbons (Fsp3) is 0.250. The van der Waals surface area contributed by atoms with Gasteiger partial charge < -0.3 is 14.2 Å². The first-order chi connectivity index (χ1) is 16.0. The molecule has 0 atom stereocenters. The molecule has 33 heavy (non-hydrogen) atoms. The zero-order chi connectivity index (χ0) is 23.8. The highest BCUT2D eigenvalue weighted by molar-refractivity contribution is 8.18. The van der Waals surface area contributed by atoms with E-state index in [-0.39, 0.29) is 18.5 Å². The first-order valence-corrected chi connectivity index (χ1v) is 11.1. The number of ether oxygens (including phenoxy) is 3. The summed E-state index contributed by atoms with van der Waals surface area (Å²) >= 11 is 1.25. The molecule has 0 saturated carbocycles. The second-order valence-corrected chi connectivity index (χ2v) is 7.73. The van der Waals surface area contributed by atoms with E-state index in [9.17, 15) is 9.59 Å². The van der Waals surface area contributed by atoms with Gasteiger partial charge in [-0.2, -0.15) is 5.26 Å². The summed E-state index contributed by atoms with van der Waals surface area (Å²) in [5, 5.41) is 9.26. The van der Waals surface area contributed by atoms with Crippen molar-refractivity contribution in [2.45, 2.75) is 13.8 Å². The molecule has 0 N–H and O–H groups in total. The Morgan fingerprint density at radius 2 is 1.88 bits per heavy atom. The number of thioether (sulfide) groups is 1. The maximum absolute atomic E-state index is 12.7. The summed E-state index contributed by atoms with van der Waals surface area (Å²) in [6.45, 7) is 4.27. The van der Waals surface area contributed by atoms with Gasteiger partial charge in [-0.05, 0) is 73.6 Å². The van der Waals surface area contributed by atoms with Crippen LogP contribution in [0, 0.1) is 11.3 Å². The normalized spacial score (nSPS) is 15.6. The number of esters is 1. The molecule has 0 aliphatic carbocycles. The SMILES string of the molecule is CCOC(=O)c1ccc(N=C2S/C(=C/c3ccc(OCC#N)c(OCC)c3)C(=O)N2C)cc1. The molecule has 1 aliphatic heterocycles. The molecule has 2 aromatic carbocycles. The molecule has 0 bridgehead atoms. The largest absolute Gasteiger partial charge is 0.490 e. The van der Waals surface area contributed by atoms with Crippen molar-refractivity contribution in [3.63, 3.8) is 0 Å². The predicted octanol–water partition coefficient (Wildman–Crippen LogP) is 4.40. The summed E-state index contributed by atoms with van der Waals surface area (Å²) in [5.41, 5.74) is 1.81. The minimum atomic E-state index is -0.389. The van der Waals surface area contributed by atoms with Crippen LogP contribution in [0.4, 0.5) is 5.69 Å². The van der Waals surface area contributed by atoms with Crippen LogP contribution in [-0.4, -0.2) is 48.8 Å². The number of likely N-dealkylation sites (N-methyl/N-ethyl adjacent to an activating group) is 1. The Kier molecular flexibility index (Phi) is 8.11. The van der Waals surface area contributed by atoms with Crippen molar-refractivity contribution in [3.05, 3.63) is 58.5 Å². The van der Waals surface area contributed by atoms with Crippen LogP contribution in [0.15, 0.2) is 52.4 Å². The highest BCUT2D eigenvalue weighted by atomic mass is 32.2. The highest BCUT2D eigenvalue weighted by Crippen LogP contribution is 2.35. The number of aliphatic imine (C=N–C) groups is 1. The Bertz CT molecular complexity index is 1140. The van der Waals surface area contributed by atoms with E-state index < -0.39 is 0 Å². The number of hydrogen-bond acceptors (Lipinski definition) is 8. The van der Waals surface area contributed by atoms with Crippen LogP contribution in [0.3, 0.4) is 0 Å². The highest BCUT2D eigenvalue weighted by Gasteiger charge is 2.30. The van der Waals surface area contributed by atoms with Crippen molar-refractivity contribution >= 4 is 40.6 Å². The molecular weight excluding hydrogens is 442 g/mol. The van der Waals surface area contributed by atoms with Gasteiger partial charge in [0.15, 0.2) is 23.3 Å². The number of benzene rings is 2. The van der Waals surface area contributed by atoms with E-state index in [1.807, 2.05) is 13.0 Å². The van der Waals surface area contributed by atoms with Gasteiger partial charge in [-0.25, -0.2) is 9.79 Å². The van der Waals surface area contributed by atoms with Crippen molar-refractivity contribution < 1.29 is 23.8 Å². The van der Waals surface area contributed by atoms with Gasteiger partial charge in [-0.1, -0.05) is 6.07 Å². The topological polar surface area (TPSA) is 101 Å². The van der Waals surface area contributed by atoms with Crippen LogP contribution in [-0.2, 0) is 9.53 Å². The molecule has 0 unspecified atom stereocenters. The Morgan fingerprint density at radius 3 is 2.55 bits per heavy atom. The van der Waals surface area contributed by atoms with Gasteiger partial charge >= 0.3 is 5.97 Å². The maximum Gasteiger partial charge on any atom is 0.338 e.